The largest absolute Gasteiger partial charge is 0.313 e. The number of hydrogen-bond acceptors (Lipinski definition) is 9. The summed E-state index contributed by atoms with van der Waals surface area (Å²) >= 11 is 0. The lowest BCUT2D eigenvalue weighted by Crippen LogP contribution is -2.27. The van der Waals surface area contributed by atoms with Gasteiger partial charge < -0.3 is 4.90 Å². The molecular weight excluding hydrogens is 793 g/mol. The van der Waals surface area contributed by atoms with Crippen LogP contribution in [0.15, 0.2) is 141 Å². The summed E-state index contributed by atoms with van der Waals surface area (Å²) in [6, 6.07) is 19.2. The fourth-order valence-corrected chi connectivity index (χ4v) is 8.94. The molecule has 0 aromatic heterocycles. The molecule has 55 heavy (non-hydrogen) atoms. The van der Waals surface area contributed by atoms with Crippen LogP contribution in [0.5, 0.6) is 0 Å². The summed E-state index contributed by atoms with van der Waals surface area (Å²) in [7, 11) is -18.3. The zero-order chi connectivity index (χ0) is 40.5. The lowest BCUT2D eigenvalue weighted by atomic mass is 9.81. The van der Waals surface area contributed by atoms with E-state index in [-0.39, 0.29) is 19.6 Å². The maximum absolute atomic E-state index is 12.1. The number of fused-ring (bicyclic) bond motifs is 2. The highest BCUT2D eigenvalue weighted by molar-refractivity contribution is 7.86. The van der Waals surface area contributed by atoms with Crippen LogP contribution in [0.25, 0.3) is 0 Å². The molecule has 0 bridgehead atoms. The van der Waals surface area contributed by atoms with E-state index >= 15 is 0 Å². The second-order valence-electron chi connectivity index (χ2n) is 13.9. The van der Waals surface area contributed by atoms with Crippen molar-refractivity contribution in [3.8, 4) is 0 Å². The molecule has 0 fully saturated rings. The minimum Gasteiger partial charge on any atom is -0.313 e. The number of hydrogen-bond donors (Lipinski definition) is 4. The molecule has 0 radical (unpaired) electrons. The molecule has 0 atom stereocenters. The van der Waals surface area contributed by atoms with Gasteiger partial charge in [-0.15, -0.1) is 0 Å². The van der Waals surface area contributed by atoms with E-state index in [1.54, 1.807) is 52.0 Å². The molecule has 2 aliphatic heterocycles. The van der Waals surface area contributed by atoms with Gasteiger partial charge in [-0.25, -0.2) is 0 Å². The summed E-state index contributed by atoms with van der Waals surface area (Å²) in [6.07, 6.45) is 8.48. The van der Waals surface area contributed by atoms with Gasteiger partial charge in [0.15, 0.2) is 5.71 Å². The molecule has 0 aliphatic carbocycles. The standard InChI is InChI=1S/C37H34N2O12S4/c1-36(2)30-22-28(54(46,47)48)16-18-32(30)38(24-10-8-12-26(20-24)52(40,41)42)34(36)14-6-5-7-15-35-37(3,4)31-23-29(55(49,50)51)17-19-33(31)39(35)25-11-9-13-27(21-25)53(43,44)45/h5-23H,1-4H3,(H3-,40,41,42,43,44,45,46,47,48,49,50,51)/p+1. The Morgan fingerprint density at radius 1 is 0.564 bits per heavy atom. The van der Waals surface area contributed by atoms with Crippen LogP contribution in [-0.4, -0.2) is 57.6 Å². The Morgan fingerprint density at radius 3 is 1.69 bits per heavy atom. The van der Waals surface area contributed by atoms with Gasteiger partial charge in [0.05, 0.1) is 25.8 Å². The maximum Gasteiger partial charge on any atom is 0.294 e. The Hall–Kier alpha value is -4.79. The van der Waals surface area contributed by atoms with Crippen molar-refractivity contribution in [1.29, 1.82) is 0 Å². The molecule has 288 valence electrons. The van der Waals surface area contributed by atoms with Crippen molar-refractivity contribution >= 4 is 68.9 Å². The fraction of sp³-hybridized carbons (Fsp3) is 0.162. The summed E-state index contributed by atoms with van der Waals surface area (Å²) < 4.78 is 137. The van der Waals surface area contributed by atoms with Gasteiger partial charge in [-0.3, -0.25) is 18.2 Å². The van der Waals surface area contributed by atoms with Crippen LogP contribution in [0.3, 0.4) is 0 Å². The van der Waals surface area contributed by atoms with Gasteiger partial charge in [-0.1, -0.05) is 44.2 Å². The molecule has 2 heterocycles. The molecule has 2 aliphatic rings. The summed E-state index contributed by atoms with van der Waals surface area (Å²) in [5, 5.41) is 0. The Bertz CT molecular complexity index is 2870. The third-order valence-electron chi connectivity index (χ3n) is 9.60. The van der Waals surface area contributed by atoms with Gasteiger partial charge in [-0.2, -0.15) is 38.2 Å². The van der Waals surface area contributed by atoms with Crippen LogP contribution < -0.4 is 9.48 Å². The van der Waals surface area contributed by atoms with E-state index < -0.39 is 51.3 Å². The topological polar surface area (TPSA) is 224 Å². The van der Waals surface area contributed by atoms with Crippen molar-refractivity contribution in [1.82, 2.24) is 4.58 Å². The van der Waals surface area contributed by atoms with Crippen molar-refractivity contribution in [2.45, 2.75) is 58.1 Å². The van der Waals surface area contributed by atoms with E-state index in [9.17, 15) is 51.9 Å². The minimum atomic E-state index is -4.58. The van der Waals surface area contributed by atoms with Crippen molar-refractivity contribution in [2.24, 2.45) is 0 Å². The van der Waals surface area contributed by atoms with Crippen LogP contribution in [-0.2, 0) is 51.3 Å². The van der Waals surface area contributed by atoms with Crippen molar-refractivity contribution in [3.63, 3.8) is 0 Å². The van der Waals surface area contributed by atoms with E-state index in [0.29, 0.717) is 45.3 Å². The van der Waals surface area contributed by atoms with Gasteiger partial charge in [0.1, 0.15) is 4.90 Å². The van der Waals surface area contributed by atoms with E-state index in [2.05, 4.69) is 0 Å². The van der Waals surface area contributed by atoms with Gasteiger partial charge in [0.25, 0.3) is 40.5 Å². The Labute approximate surface area is 319 Å². The molecular formula is C37H35N2O12S4+. The van der Waals surface area contributed by atoms with E-state index in [4.69, 9.17) is 0 Å². The predicted octanol–water partition coefficient (Wildman–Crippen LogP) is 6.37. The third-order valence-corrected chi connectivity index (χ3v) is 13.0. The van der Waals surface area contributed by atoms with E-state index in [1.807, 2.05) is 27.7 Å². The molecule has 6 rings (SSSR count). The molecule has 0 spiro atoms. The predicted molar refractivity (Wildman–Crippen MR) is 206 cm³/mol. The lowest BCUT2D eigenvalue weighted by Gasteiger charge is -2.27. The van der Waals surface area contributed by atoms with Crippen LogP contribution in [0.1, 0.15) is 38.8 Å². The smallest absolute Gasteiger partial charge is 0.294 e. The first-order valence-corrected chi connectivity index (χ1v) is 22.0. The Balaban J connectivity index is 1.48. The first kappa shape index (κ1) is 39.9. The fourth-order valence-electron chi connectivity index (χ4n) is 6.88. The first-order chi connectivity index (χ1) is 25.3. The molecule has 4 aromatic carbocycles. The van der Waals surface area contributed by atoms with Crippen LogP contribution in [0.4, 0.5) is 22.7 Å². The Kier molecular flexibility index (Phi) is 9.76. The van der Waals surface area contributed by atoms with Crippen LogP contribution in [0, 0.1) is 0 Å². The van der Waals surface area contributed by atoms with Gasteiger partial charge >= 0.3 is 0 Å². The second-order valence-corrected chi connectivity index (χ2v) is 19.5. The van der Waals surface area contributed by atoms with Crippen LogP contribution >= 0.6 is 0 Å². The number of allylic oxidation sites excluding steroid dienone is 6. The first-order valence-electron chi connectivity index (χ1n) is 16.3. The van der Waals surface area contributed by atoms with E-state index in [1.165, 1.54) is 72.8 Å². The van der Waals surface area contributed by atoms with Gasteiger partial charge in [-0.05, 0) is 80.1 Å². The van der Waals surface area contributed by atoms with E-state index in [0.717, 1.165) is 0 Å². The number of anilines is 2. The zero-order valence-electron chi connectivity index (χ0n) is 29.6. The number of rotatable bonds is 9. The molecule has 4 N–H and O–H groups in total. The molecule has 4 aromatic rings. The molecule has 0 saturated carbocycles. The van der Waals surface area contributed by atoms with Crippen molar-refractivity contribution in [3.05, 3.63) is 132 Å². The number of benzene rings is 4. The Morgan fingerprint density at radius 2 is 1.09 bits per heavy atom. The average Bonchev–Trinajstić information content (AvgIpc) is 3.44. The number of nitrogens with zero attached hydrogens (tertiary/aromatic N) is 2. The summed E-state index contributed by atoms with van der Waals surface area (Å²) in [4.78, 5) is 0.303. The molecule has 0 unspecified atom stereocenters. The highest BCUT2D eigenvalue weighted by Gasteiger charge is 2.46. The minimum absolute atomic E-state index is 0.335. The van der Waals surface area contributed by atoms with Gasteiger partial charge in [0.2, 0.25) is 11.4 Å². The summed E-state index contributed by atoms with van der Waals surface area (Å²) in [6.45, 7) is 7.26. The lowest BCUT2D eigenvalue weighted by molar-refractivity contribution is 0.480. The molecule has 18 heteroatoms. The normalized spacial score (nSPS) is 17.7. The highest BCUT2D eigenvalue weighted by Crippen LogP contribution is 2.52. The average molecular weight is 828 g/mol. The third kappa shape index (κ3) is 7.47. The summed E-state index contributed by atoms with van der Waals surface area (Å²) in [5.74, 6) is 0. The molecule has 0 saturated heterocycles. The van der Waals surface area contributed by atoms with Gasteiger partial charge in [0, 0.05) is 46.6 Å². The highest BCUT2D eigenvalue weighted by atomic mass is 32.2. The second kappa shape index (κ2) is 13.5. The SMILES string of the molecule is CC1(C)C(/C=C/C=C/C=C2/N(c3cccc(S(=O)(=O)O)c3)c3ccc(S(=O)(=O)O)cc3C2(C)C)=[N+](c2cccc(S(=O)(=O)O)c2)c2ccc(S(=O)(=O)O)cc21. The van der Waals surface area contributed by atoms with Crippen molar-refractivity contribution < 1.29 is 51.9 Å². The zero-order valence-corrected chi connectivity index (χ0v) is 32.8. The molecule has 14 nitrogen and oxygen atoms in total. The van der Waals surface area contributed by atoms with Crippen molar-refractivity contribution in [2.75, 3.05) is 4.90 Å². The summed E-state index contributed by atoms with van der Waals surface area (Å²) in [5.41, 5.74) is 1.97. The molecule has 0 amide bonds. The van der Waals surface area contributed by atoms with Crippen LogP contribution in [0.2, 0.25) is 0 Å². The monoisotopic (exact) mass is 827 g/mol. The maximum atomic E-state index is 12.1. The quantitative estimate of drug-likeness (QED) is 0.0819.